The van der Waals surface area contributed by atoms with E-state index in [0.29, 0.717) is 18.5 Å². The highest BCUT2D eigenvalue weighted by molar-refractivity contribution is 5.96. The second kappa shape index (κ2) is 7.59. The molecular formula is C31H38N2O2. The molecule has 6 aliphatic rings. The predicted octanol–water partition coefficient (Wildman–Crippen LogP) is 5.15. The van der Waals surface area contributed by atoms with Crippen molar-refractivity contribution < 1.29 is 9.90 Å². The number of carbonyl (C=O) groups is 1. The Labute approximate surface area is 209 Å². The van der Waals surface area contributed by atoms with Crippen LogP contribution >= 0.6 is 0 Å². The summed E-state index contributed by atoms with van der Waals surface area (Å²) in [4.78, 5) is 15.4. The van der Waals surface area contributed by atoms with Crippen molar-refractivity contribution in [3.63, 3.8) is 0 Å². The summed E-state index contributed by atoms with van der Waals surface area (Å²) in [6.45, 7) is 6.27. The first-order valence-corrected chi connectivity index (χ1v) is 13.8. The number of hydrogen-bond donors (Lipinski definition) is 2. The minimum Gasteiger partial charge on any atom is -0.391 e. The van der Waals surface area contributed by atoms with E-state index in [1.807, 2.05) is 36.1 Å². The number of nitrogens with zero attached hydrogens (tertiary/aromatic N) is 1. The first-order chi connectivity index (χ1) is 17.0. The van der Waals surface area contributed by atoms with Gasteiger partial charge in [0.1, 0.15) is 0 Å². The zero-order chi connectivity index (χ0) is 23.9. The summed E-state index contributed by atoms with van der Waals surface area (Å²) in [5.74, 6) is 2.91. The quantitative estimate of drug-likeness (QED) is 0.626. The molecule has 1 amide bonds. The van der Waals surface area contributed by atoms with Crippen LogP contribution in [0.5, 0.6) is 0 Å². The molecule has 1 aromatic rings. The van der Waals surface area contributed by atoms with Gasteiger partial charge in [0, 0.05) is 36.3 Å². The molecule has 35 heavy (non-hydrogen) atoms. The number of likely N-dealkylation sites (tertiary alicyclic amines) is 1. The van der Waals surface area contributed by atoms with Crippen LogP contribution in [0.25, 0.3) is 0 Å². The lowest BCUT2D eigenvalue weighted by Crippen LogP contribution is -2.88. The summed E-state index contributed by atoms with van der Waals surface area (Å²) in [5.41, 5.74) is 7.84. The number of carbonyl (C=O) groups excluding carboxylic acids is 1. The van der Waals surface area contributed by atoms with Gasteiger partial charge in [0.05, 0.1) is 6.10 Å². The second-order valence-electron chi connectivity index (χ2n) is 12.3. The zero-order valence-electron chi connectivity index (χ0n) is 21.1. The number of benzene rings is 1. The van der Waals surface area contributed by atoms with E-state index in [2.05, 4.69) is 24.4 Å². The van der Waals surface area contributed by atoms with E-state index in [4.69, 9.17) is 0 Å². The third-order valence-electron chi connectivity index (χ3n) is 11.2. The van der Waals surface area contributed by atoms with Gasteiger partial charge in [0.15, 0.2) is 0 Å². The van der Waals surface area contributed by atoms with Crippen LogP contribution in [0, 0.1) is 35.5 Å². The van der Waals surface area contributed by atoms with E-state index in [9.17, 15) is 9.90 Å². The average molecular weight is 471 g/mol. The van der Waals surface area contributed by atoms with Crippen molar-refractivity contribution in [1.82, 2.24) is 10.2 Å². The summed E-state index contributed by atoms with van der Waals surface area (Å²) in [6.07, 6.45) is 12.5. The number of piperidine rings is 1. The SMILES string of the molecule is CC1=C2\CN(C(=O)c3ccccc3C)CC\C2=C(/NCC(O)C23CC4CC5CC(C2)C543)CC/C=C\1. The smallest absolute Gasteiger partial charge is 0.254 e. The lowest BCUT2D eigenvalue weighted by molar-refractivity contribution is -0.450. The van der Waals surface area contributed by atoms with Crippen molar-refractivity contribution in [3.05, 3.63) is 70.0 Å². The number of rotatable bonds is 5. The van der Waals surface area contributed by atoms with Crippen LogP contribution in [0.15, 0.2) is 58.8 Å². The second-order valence-corrected chi connectivity index (χ2v) is 12.3. The maximum atomic E-state index is 13.4. The van der Waals surface area contributed by atoms with Gasteiger partial charge in [-0.2, -0.15) is 0 Å². The Morgan fingerprint density at radius 2 is 1.89 bits per heavy atom. The Kier molecular flexibility index (Phi) is 4.75. The van der Waals surface area contributed by atoms with Crippen molar-refractivity contribution in [2.75, 3.05) is 19.6 Å². The fourth-order valence-corrected chi connectivity index (χ4v) is 9.55. The van der Waals surface area contributed by atoms with Crippen molar-refractivity contribution in [1.29, 1.82) is 0 Å². The zero-order valence-corrected chi connectivity index (χ0v) is 21.1. The van der Waals surface area contributed by atoms with Crippen LogP contribution in [0.1, 0.15) is 67.8 Å². The molecule has 2 N–H and O–H groups in total. The minimum atomic E-state index is -0.233. The van der Waals surface area contributed by atoms with Gasteiger partial charge in [0.25, 0.3) is 5.91 Å². The average Bonchev–Trinajstić information content (AvgIpc) is 2.80. The molecule has 7 rings (SSSR count). The van der Waals surface area contributed by atoms with Gasteiger partial charge in [-0.3, -0.25) is 4.79 Å². The van der Waals surface area contributed by atoms with Crippen LogP contribution in [0.3, 0.4) is 0 Å². The van der Waals surface area contributed by atoms with Gasteiger partial charge < -0.3 is 15.3 Å². The number of aliphatic hydroxyl groups is 1. The summed E-state index contributed by atoms with van der Waals surface area (Å²) in [6, 6.07) is 7.90. The molecule has 5 fully saturated rings. The normalized spacial score (nSPS) is 42.4. The van der Waals surface area contributed by atoms with Crippen LogP contribution in [-0.4, -0.2) is 41.7 Å². The molecular weight excluding hydrogens is 432 g/mol. The topological polar surface area (TPSA) is 52.6 Å². The third-order valence-corrected chi connectivity index (χ3v) is 11.2. The Morgan fingerprint density at radius 1 is 1.11 bits per heavy atom. The lowest BCUT2D eigenvalue weighted by Gasteiger charge is -2.92. The van der Waals surface area contributed by atoms with Crippen LogP contribution in [-0.2, 0) is 0 Å². The highest BCUT2D eigenvalue weighted by atomic mass is 16.3. The molecule has 0 bridgehead atoms. The number of aryl methyl sites for hydroxylation is 1. The molecule has 184 valence electrons. The largest absolute Gasteiger partial charge is 0.391 e. The predicted molar refractivity (Wildman–Crippen MR) is 138 cm³/mol. The molecule has 4 saturated carbocycles. The fraction of sp³-hybridized carbons (Fsp3) is 0.581. The Balaban J connectivity index is 1.10. The highest BCUT2D eigenvalue weighted by Gasteiger charge is 2.88. The number of fused-ring (bicyclic) bond motifs is 1. The molecule has 4 heteroatoms. The third kappa shape index (κ3) is 2.75. The summed E-state index contributed by atoms with van der Waals surface area (Å²) < 4.78 is 0. The summed E-state index contributed by atoms with van der Waals surface area (Å²) >= 11 is 0. The molecule has 3 atom stereocenters. The number of amides is 1. The number of nitrogens with one attached hydrogen (secondary N) is 1. The van der Waals surface area contributed by atoms with E-state index in [-0.39, 0.29) is 17.4 Å². The number of allylic oxidation sites excluding steroid dienone is 4. The van der Waals surface area contributed by atoms with Crippen molar-refractivity contribution in [2.45, 2.75) is 64.9 Å². The minimum absolute atomic E-state index is 0.131. The van der Waals surface area contributed by atoms with Gasteiger partial charge in [0.2, 0.25) is 0 Å². The first kappa shape index (κ1) is 21.9. The van der Waals surface area contributed by atoms with E-state index in [0.717, 1.165) is 54.7 Å². The van der Waals surface area contributed by atoms with Gasteiger partial charge in [-0.15, -0.1) is 0 Å². The fourth-order valence-electron chi connectivity index (χ4n) is 9.55. The maximum absolute atomic E-state index is 13.4. The van der Waals surface area contributed by atoms with Crippen LogP contribution < -0.4 is 5.32 Å². The summed E-state index contributed by atoms with van der Waals surface area (Å²) in [7, 11) is 0. The molecule has 1 saturated heterocycles. The lowest BCUT2D eigenvalue weighted by atomic mass is 9.12. The molecule has 0 aromatic heterocycles. The molecule has 0 radical (unpaired) electrons. The highest BCUT2D eigenvalue weighted by Crippen LogP contribution is 2.93. The van der Waals surface area contributed by atoms with Crippen LogP contribution in [0.2, 0.25) is 0 Å². The summed E-state index contributed by atoms with van der Waals surface area (Å²) in [5, 5.41) is 15.2. The Bertz CT molecular complexity index is 1160. The monoisotopic (exact) mass is 470 g/mol. The molecule has 4 nitrogen and oxygen atoms in total. The maximum Gasteiger partial charge on any atom is 0.254 e. The Hall–Kier alpha value is -2.33. The van der Waals surface area contributed by atoms with E-state index >= 15 is 0 Å². The molecule has 3 unspecified atom stereocenters. The van der Waals surface area contributed by atoms with Crippen molar-refractivity contribution in [2.24, 2.45) is 28.6 Å². The van der Waals surface area contributed by atoms with E-state index in [1.165, 1.54) is 48.1 Å². The van der Waals surface area contributed by atoms with Gasteiger partial charge in [-0.25, -0.2) is 0 Å². The van der Waals surface area contributed by atoms with Gasteiger partial charge in [-0.1, -0.05) is 30.4 Å². The molecule has 5 aliphatic carbocycles. The number of aliphatic hydroxyl groups excluding tert-OH is 1. The van der Waals surface area contributed by atoms with Crippen molar-refractivity contribution >= 4 is 5.91 Å². The van der Waals surface area contributed by atoms with Gasteiger partial charge in [-0.05, 0) is 110 Å². The first-order valence-electron chi connectivity index (χ1n) is 13.8. The van der Waals surface area contributed by atoms with E-state index < -0.39 is 0 Å². The molecule has 1 aliphatic heterocycles. The molecule has 1 aromatic carbocycles. The van der Waals surface area contributed by atoms with Crippen LogP contribution in [0.4, 0.5) is 0 Å². The Morgan fingerprint density at radius 3 is 2.60 bits per heavy atom. The standard InChI is InChI=1S/C31H38N2O2/c1-19-7-3-5-9-24(19)29(35)33-12-11-25-26(18-33)20(2)8-4-6-10-27(25)32-17-28(34)30-15-22-13-21-14-23(16-30)31(21,22)30/h3-5,7-9,21-23,28,32,34H,6,10-18H2,1-2H3/b8-4-,26-20-,27-25+. The molecule has 1 spiro atoms. The van der Waals surface area contributed by atoms with Crippen molar-refractivity contribution in [3.8, 4) is 0 Å². The van der Waals surface area contributed by atoms with Gasteiger partial charge >= 0.3 is 0 Å². The number of hydrogen-bond acceptors (Lipinski definition) is 3. The molecule has 1 heterocycles. The van der Waals surface area contributed by atoms with E-state index in [1.54, 1.807) is 0 Å².